The minimum Gasteiger partial charge on any atom is -0.508 e. The molecule has 0 radical (unpaired) electrons. The molecule has 0 aliphatic heterocycles. The maximum Gasteiger partial charge on any atom is 0.326 e. The quantitative estimate of drug-likeness (QED) is 0.0977. The van der Waals surface area contributed by atoms with E-state index in [1.807, 2.05) is 38.1 Å². The molecule has 4 unspecified atom stereocenters. The number of carbonyl (C=O) groups excluding carboxylic acids is 3. The number of fused-ring (bicyclic) bond motifs is 1. The second kappa shape index (κ2) is 15.0. The SMILES string of the molecule is CC(C)CC(N)C(=O)NC(Cc1c[nH]c2ccccc12)C(=O)NC(Cc1cnc[nH]1)C(=O)NC(Cc1ccc(O)cc1)C(=O)O. The Hall–Kier alpha value is -5.17. The molecular weight excluding hydrogens is 578 g/mol. The summed E-state index contributed by atoms with van der Waals surface area (Å²) in [6, 6.07) is 9.03. The van der Waals surface area contributed by atoms with Gasteiger partial charge in [0.25, 0.3) is 0 Å². The van der Waals surface area contributed by atoms with E-state index in [1.165, 1.54) is 24.7 Å². The van der Waals surface area contributed by atoms with Crippen LogP contribution >= 0.6 is 0 Å². The molecule has 238 valence electrons. The number of para-hydroxylation sites is 1. The molecule has 13 nitrogen and oxygen atoms in total. The first kappa shape index (κ1) is 32.7. The Morgan fingerprint density at radius 2 is 1.49 bits per heavy atom. The molecule has 2 aromatic heterocycles. The molecule has 0 aliphatic carbocycles. The number of aromatic hydroxyl groups is 1. The first-order valence-electron chi connectivity index (χ1n) is 14.7. The Morgan fingerprint density at radius 3 is 2.13 bits per heavy atom. The molecular formula is C32H39N7O6. The Morgan fingerprint density at radius 1 is 0.844 bits per heavy atom. The van der Waals surface area contributed by atoms with Gasteiger partial charge in [-0.2, -0.15) is 0 Å². The molecule has 4 atom stereocenters. The van der Waals surface area contributed by atoms with Crippen molar-refractivity contribution < 1.29 is 29.4 Å². The van der Waals surface area contributed by atoms with Crippen molar-refractivity contribution in [2.45, 2.75) is 63.7 Å². The summed E-state index contributed by atoms with van der Waals surface area (Å²) < 4.78 is 0. The lowest BCUT2D eigenvalue weighted by molar-refractivity contribution is -0.142. The number of aromatic amines is 2. The van der Waals surface area contributed by atoms with E-state index in [-0.39, 0.29) is 30.9 Å². The summed E-state index contributed by atoms with van der Waals surface area (Å²) in [7, 11) is 0. The highest BCUT2D eigenvalue weighted by Gasteiger charge is 2.31. The van der Waals surface area contributed by atoms with Gasteiger partial charge in [-0.25, -0.2) is 9.78 Å². The molecule has 0 saturated heterocycles. The minimum absolute atomic E-state index is 0.0241. The number of aliphatic carboxylic acids is 1. The summed E-state index contributed by atoms with van der Waals surface area (Å²) in [4.78, 5) is 62.6. The van der Waals surface area contributed by atoms with Crippen LogP contribution in [-0.2, 0) is 38.4 Å². The number of imidazole rings is 1. The molecule has 0 spiro atoms. The lowest BCUT2D eigenvalue weighted by Crippen LogP contribution is -2.58. The molecule has 0 fully saturated rings. The van der Waals surface area contributed by atoms with E-state index in [0.29, 0.717) is 17.7 Å². The van der Waals surface area contributed by atoms with Gasteiger partial charge in [0.15, 0.2) is 0 Å². The molecule has 0 saturated carbocycles. The Labute approximate surface area is 260 Å². The summed E-state index contributed by atoms with van der Waals surface area (Å²) in [6.07, 6.45) is 5.12. The van der Waals surface area contributed by atoms with E-state index in [1.54, 1.807) is 18.3 Å². The standard InChI is InChI=1S/C32H39N7O6/c1-18(2)11-24(33)29(41)37-26(13-20-15-35-25-6-4-3-5-23(20)25)30(42)38-27(14-21-16-34-17-36-21)31(43)39-28(32(44)45)12-19-7-9-22(40)10-8-19/h3-10,15-18,24,26-28,35,40H,11-14,33H2,1-2H3,(H,34,36)(H,37,41)(H,38,42)(H,39,43)(H,44,45). The number of amides is 3. The van der Waals surface area contributed by atoms with Crippen LogP contribution in [0.3, 0.4) is 0 Å². The van der Waals surface area contributed by atoms with Gasteiger partial charge in [-0.1, -0.05) is 44.2 Å². The van der Waals surface area contributed by atoms with Gasteiger partial charge < -0.3 is 41.9 Å². The van der Waals surface area contributed by atoms with Gasteiger partial charge in [-0.05, 0) is 41.7 Å². The maximum absolute atomic E-state index is 13.8. The van der Waals surface area contributed by atoms with Gasteiger partial charge in [-0.15, -0.1) is 0 Å². The van der Waals surface area contributed by atoms with Crippen LogP contribution in [0.1, 0.15) is 37.1 Å². The largest absolute Gasteiger partial charge is 0.508 e. The van der Waals surface area contributed by atoms with Crippen LogP contribution in [0.15, 0.2) is 67.3 Å². The van der Waals surface area contributed by atoms with Crippen LogP contribution in [0.5, 0.6) is 5.75 Å². The predicted octanol–water partition coefficient (Wildman–Crippen LogP) is 1.54. The fourth-order valence-corrected chi connectivity index (χ4v) is 5.06. The second-order valence-corrected chi connectivity index (χ2v) is 11.5. The molecule has 4 aromatic rings. The average Bonchev–Trinajstić information content (AvgIpc) is 3.66. The van der Waals surface area contributed by atoms with Crippen LogP contribution in [-0.4, -0.2) is 73.0 Å². The second-order valence-electron chi connectivity index (χ2n) is 11.5. The molecule has 13 heteroatoms. The number of carboxylic acid groups (broad SMARTS) is 1. The molecule has 0 bridgehead atoms. The monoisotopic (exact) mass is 617 g/mol. The van der Waals surface area contributed by atoms with Crippen LogP contribution in [0, 0.1) is 5.92 Å². The van der Waals surface area contributed by atoms with Crippen molar-refractivity contribution in [3.8, 4) is 5.75 Å². The zero-order valence-corrected chi connectivity index (χ0v) is 25.1. The van der Waals surface area contributed by atoms with Gasteiger partial charge in [0.2, 0.25) is 17.7 Å². The zero-order chi connectivity index (χ0) is 32.5. The first-order chi connectivity index (χ1) is 21.5. The maximum atomic E-state index is 13.8. The van der Waals surface area contributed by atoms with Crippen LogP contribution < -0.4 is 21.7 Å². The highest BCUT2D eigenvalue weighted by molar-refractivity contribution is 5.95. The molecule has 3 amide bonds. The Bertz CT molecular complexity index is 1600. The lowest BCUT2D eigenvalue weighted by atomic mass is 10.0. The van der Waals surface area contributed by atoms with Crippen LogP contribution in [0.4, 0.5) is 0 Å². The van der Waals surface area contributed by atoms with E-state index in [4.69, 9.17) is 5.73 Å². The van der Waals surface area contributed by atoms with Gasteiger partial charge in [0.1, 0.15) is 23.9 Å². The topological polar surface area (TPSA) is 215 Å². The van der Waals surface area contributed by atoms with E-state index >= 15 is 0 Å². The summed E-state index contributed by atoms with van der Waals surface area (Å²) >= 11 is 0. The number of hydrogen-bond acceptors (Lipinski definition) is 7. The smallest absolute Gasteiger partial charge is 0.326 e. The highest BCUT2D eigenvalue weighted by atomic mass is 16.4. The number of nitrogens with one attached hydrogen (secondary N) is 5. The fourth-order valence-electron chi connectivity index (χ4n) is 5.06. The van der Waals surface area contributed by atoms with E-state index in [9.17, 15) is 29.4 Å². The number of rotatable bonds is 15. The average molecular weight is 618 g/mol. The lowest BCUT2D eigenvalue weighted by Gasteiger charge is -2.25. The summed E-state index contributed by atoms with van der Waals surface area (Å²) in [5, 5.41) is 28.3. The van der Waals surface area contributed by atoms with Crippen molar-refractivity contribution in [1.82, 2.24) is 30.9 Å². The van der Waals surface area contributed by atoms with E-state index < -0.39 is 47.9 Å². The third-order valence-corrected chi connectivity index (χ3v) is 7.40. The normalized spacial score (nSPS) is 14.0. The number of nitrogens with two attached hydrogens (primary N) is 1. The number of phenolic OH excluding ortho intramolecular Hbond substituents is 1. The number of benzene rings is 2. The van der Waals surface area contributed by atoms with Gasteiger partial charge in [0, 0.05) is 48.3 Å². The number of H-pyrrole nitrogens is 2. The fraction of sp³-hybridized carbons (Fsp3) is 0.344. The van der Waals surface area contributed by atoms with E-state index in [2.05, 4.69) is 30.9 Å². The number of carbonyl (C=O) groups is 4. The van der Waals surface area contributed by atoms with Crippen molar-refractivity contribution in [2.24, 2.45) is 11.7 Å². The van der Waals surface area contributed by atoms with E-state index in [0.717, 1.165) is 16.5 Å². The summed E-state index contributed by atoms with van der Waals surface area (Å²) in [5.74, 6) is -2.98. The van der Waals surface area contributed by atoms with Gasteiger partial charge >= 0.3 is 5.97 Å². The highest BCUT2D eigenvalue weighted by Crippen LogP contribution is 2.20. The van der Waals surface area contributed by atoms with Crippen molar-refractivity contribution >= 4 is 34.6 Å². The zero-order valence-electron chi connectivity index (χ0n) is 25.1. The molecule has 9 N–H and O–H groups in total. The Balaban J connectivity index is 1.57. The number of hydrogen-bond donors (Lipinski definition) is 8. The molecule has 2 aromatic carbocycles. The van der Waals surface area contributed by atoms with Gasteiger partial charge in [0.05, 0.1) is 12.4 Å². The summed E-state index contributed by atoms with van der Waals surface area (Å²) in [5.41, 5.74) is 8.87. The van der Waals surface area contributed by atoms with Crippen LogP contribution in [0.25, 0.3) is 10.9 Å². The number of aromatic nitrogens is 3. The van der Waals surface area contributed by atoms with Crippen molar-refractivity contribution in [1.29, 1.82) is 0 Å². The minimum atomic E-state index is -1.32. The first-order valence-corrected chi connectivity index (χ1v) is 14.7. The molecule has 4 rings (SSSR count). The molecule has 45 heavy (non-hydrogen) atoms. The van der Waals surface area contributed by atoms with Crippen molar-refractivity contribution in [3.05, 3.63) is 84.1 Å². The summed E-state index contributed by atoms with van der Waals surface area (Å²) in [6.45, 7) is 3.88. The van der Waals surface area contributed by atoms with Gasteiger partial charge in [-0.3, -0.25) is 14.4 Å². The number of nitrogens with zero attached hydrogens (tertiary/aromatic N) is 1. The van der Waals surface area contributed by atoms with Crippen LogP contribution in [0.2, 0.25) is 0 Å². The molecule has 0 aliphatic rings. The van der Waals surface area contributed by atoms with Crippen molar-refractivity contribution in [3.63, 3.8) is 0 Å². The number of carboxylic acids is 1. The third-order valence-electron chi connectivity index (χ3n) is 7.40. The third kappa shape index (κ3) is 9.16. The van der Waals surface area contributed by atoms with Crippen molar-refractivity contribution in [2.75, 3.05) is 0 Å². The number of phenols is 1. The predicted molar refractivity (Wildman–Crippen MR) is 167 cm³/mol. The Kier molecular flexibility index (Phi) is 10.9. The molecule has 2 heterocycles.